The van der Waals surface area contributed by atoms with Crippen molar-refractivity contribution in [2.75, 3.05) is 19.0 Å². The maximum absolute atomic E-state index is 12.6. The number of hydrogen-bond acceptors (Lipinski definition) is 5. The largest absolute Gasteiger partial charge is 0.497 e. The van der Waals surface area contributed by atoms with Crippen molar-refractivity contribution in [2.45, 2.75) is 6.92 Å². The number of methoxy groups -OCH3 is 1. The Balaban J connectivity index is 1.93. The van der Waals surface area contributed by atoms with Gasteiger partial charge in [0, 0.05) is 5.69 Å². The molecule has 1 amide bonds. The molecule has 1 N–H and O–H groups in total. The van der Waals surface area contributed by atoms with Gasteiger partial charge in [-0.2, -0.15) is 0 Å². The molecule has 6 heteroatoms. The lowest BCUT2D eigenvalue weighted by Gasteiger charge is -2.10. The van der Waals surface area contributed by atoms with Crippen LogP contribution in [0.1, 0.15) is 17.4 Å². The third kappa shape index (κ3) is 3.27. The summed E-state index contributed by atoms with van der Waals surface area (Å²) in [6, 6.07) is 14.4. The molecular formula is C18H17N3O3. The average molecular weight is 323 g/mol. The van der Waals surface area contributed by atoms with Crippen LogP contribution in [0.4, 0.5) is 5.69 Å². The van der Waals surface area contributed by atoms with E-state index in [-0.39, 0.29) is 17.5 Å². The smallest absolute Gasteiger partial charge is 0.279 e. The zero-order valence-electron chi connectivity index (χ0n) is 13.4. The Labute approximate surface area is 139 Å². The molecule has 0 aliphatic carbocycles. The number of carbonyl (C=O) groups excluding carboxylic acids is 1. The molecule has 6 nitrogen and oxygen atoms in total. The number of rotatable bonds is 5. The maximum atomic E-state index is 12.6. The van der Waals surface area contributed by atoms with E-state index in [4.69, 9.17) is 9.47 Å². The molecule has 0 bridgehead atoms. The molecule has 1 aromatic heterocycles. The zero-order valence-corrected chi connectivity index (χ0v) is 13.4. The highest BCUT2D eigenvalue weighted by atomic mass is 16.5. The molecule has 0 fully saturated rings. The van der Waals surface area contributed by atoms with E-state index in [9.17, 15) is 4.79 Å². The van der Waals surface area contributed by atoms with Crippen LogP contribution in [0.15, 0.2) is 48.5 Å². The van der Waals surface area contributed by atoms with Crippen LogP contribution in [0.5, 0.6) is 11.6 Å². The molecule has 0 saturated carbocycles. The molecule has 122 valence electrons. The Bertz CT molecular complexity index is 863. The van der Waals surface area contributed by atoms with Gasteiger partial charge in [-0.3, -0.25) is 4.79 Å². The van der Waals surface area contributed by atoms with E-state index < -0.39 is 0 Å². The highest BCUT2D eigenvalue weighted by molar-refractivity contribution is 6.05. The molecule has 3 rings (SSSR count). The van der Waals surface area contributed by atoms with Crippen LogP contribution in [-0.4, -0.2) is 29.6 Å². The molecule has 24 heavy (non-hydrogen) atoms. The van der Waals surface area contributed by atoms with Gasteiger partial charge < -0.3 is 14.8 Å². The first-order valence-electron chi connectivity index (χ1n) is 7.56. The molecule has 0 aliphatic heterocycles. The molecule has 0 spiro atoms. The van der Waals surface area contributed by atoms with Gasteiger partial charge in [-0.05, 0) is 43.3 Å². The van der Waals surface area contributed by atoms with Crippen molar-refractivity contribution in [3.63, 3.8) is 0 Å². The Hall–Kier alpha value is -3.15. The summed E-state index contributed by atoms with van der Waals surface area (Å²) >= 11 is 0. The number of para-hydroxylation sites is 2. The third-order valence-electron chi connectivity index (χ3n) is 3.38. The van der Waals surface area contributed by atoms with E-state index in [1.54, 1.807) is 31.4 Å². The number of aromatic nitrogens is 2. The molecule has 0 saturated heterocycles. The number of nitrogens with zero attached hydrogens (tertiary/aromatic N) is 2. The SMILES string of the molecule is CCOc1nc2ccccc2nc1C(=O)Nc1ccc(OC)cc1. The number of amides is 1. The van der Waals surface area contributed by atoms with Crippen LogP contribution in [0.25, 0.3) is 11.0 Å². The van der Waals surface area contributed by atoms with Gasteiger partial charge in [0.15, 0.2) is 5.69 Å². The van der Waals surface area contributed by atoms with Gasteiger partial charge in [0.2, 0.25) is 5.88 Å². The Morgan fingerprint density at radius 2 is 1.71 bits per heavy atom. The minimum atomic E-state index is -0.373. The predicted octanol–water partition coefficient (Wildman–Crippen LogP) is 3.29. The van der Waals surface area contributed by atoms with E-state index in [2.05, 4.69) is 15.3 Å². The van der Waals surface area contributed by atoms with E-state index in [1.165, 1.54) is 0 Å². The normalized spacial score (nSPS) is 10.4. The fourth-order valence-electron chi connectivity index (χ4n) is 2.23. The quantitative estimate of drug-likeness (QED) is 0.780. The fraction of sp³-hybridized carbons (Fsp3) is 0.167. The van der Waals surface area contributed by atoms with Crippen molar-refractivity contribution in [3.8, 4) is 11.6 Å². The second-order valence-corrected chi connectivity index (χ2v) is 4.98. The summed E-state index contributed by atoms with van der Waals surface area (Å²) in [6.45, 7) is 2.23. The Morgan fingerprint density at radius 3 is 2.33 bits per heavy atom. The topological polar surface area (TPSA) is 73.3 Å². The first-order valence-corrected chi connectivity index (χ1v) is 7.56. The van der Waals surface area contributed by atoms with Crippen molar-refractivity contribution in [1.29, 1.82) is 0 Å². The summed E-state index contributed by atoms with van der Waals surface area (Å²) in [6.07, 6.45) is 0. The van der Waals surface area contributed by atoms with Crippen LogP contribution in [0.3, 0.4) is 0 Å². The second kappa shape index (κ2) is 6.95. The van der Waals surface area contributed by atoms with E-state index in [1.807, 2.05) is 31.2 Å². The van der Waals surface area contributed by atoms with Crippen LogP contribution in [0, 0.1) is 0 Å². The lowest BCUT2D eigenvalue weighted by Crippen LogP contribution is -2.16. The number of benzene rings is 2. The summed E-state index contributed by atoms with van der Waals surface area (Å²) in [7, 11) is 1.59. The number of hydrogen-bond donors (Lipinski definition) is 1. The van der Waals surface area contributed by atoms with Crippen molar-refractivity contribution in [2.24, 2.45) is 0 Å². The van der Waals surface area contributed by atoms with Crippen LogP contribution in [0.2, 0.25) is 0 Å². The molecule has 0 aliphatic rings. The van der Waals surface area contributed by atoms with E-state index >= 15 is 0 Å². The molecule has 0 atom stereocenters. The van der Waals surface area contributed by atoms with Gasteiger partial charge in [-0.1, -0.05) is 12.1 Å². The number of fused-ring (bicyclic) bond motifs is 1. The van der Waals surface area contributed by atoms with Gasteiger partial charge in [0.25, 0.3) is 5.91 Å². The van der Waals surface area contributed by atoms with Crippen molar-refractivity contribution in [3.05, 3.63) is 54.2 Å². The average Bonchev–Trinajstić information content (AvgIpc) is 2.62. The van der Waals surface area contributed by atoms with Crippen molar-refractivity contribution < 1.29 is 14.3 Å². The highest BCUT2D eigenvalue weighted by Crippen LogP contribution is 2.21. The lowest BCUT2D eigenvalue weighted by atomic mass is 10.2. The van der Waals surface area contributed by atoms with Gasteiger partial charge in [-0.25, -0.2) is 9.97 Å². The number of carbonyl (C=O) groups is 1. The van der Waals surface area contributed by atoms with Gasteiger partial charge >= 0.3 is 0 Å². The molecule has 1 heterocycles. The summed E-state index contributed by atoms with van der Waals surface area (Å²) in [4.78, 5) is 21.4. The lowest BCUT2D eigenvalue weighted by molar-refractivity contribution is 0.101. The second-order valence-electron chi connectivity index (χ2n) is 4.98. The summed E-state index contributed by atoms with van der Waals surface area (Å²) in [5, 5.41) is 2.80. The standard InChI is InChI=1S/C18H17N3O3/c1-3-24-18-16(20-14-6-4-5-7-15(14)21-18)17(22)19-12-8-10-13(23-2)11-9-12/h4-11H,3H2,1-2H3,(H,19,22). The number of anilines is 1. The van der Waals surface area contributed by atoms with Gasteiger partial charge in [-0.15, -0.1) is 0 Å². The van der Waals surface area contributed by atoms with Gasteiger partial charge in [0.1, 0.15) is 5.75 Å². The molecule has 2 aromatic carbocycles. The highest BCUT2D eigenvalue weighted by Gasteiger charge is 2.18. The third-order valence-corrected chi connectivity index (χ3v) is 3.38. The molecule has 3 aromatic rings. The minimum absolute atomic E-state index is 0.159. The molecule has 0 radical (unpaired) electrons. The first-order chi connectivity index (χ1) is 11.7. The molecule has 0 unspecified atom stereocenters. The number of ether oxygens (including phenoxy) is 2. The number of nitrogens with one attached hydrogen (secondary N) is 1. The summed E-state index contributed by atoms with van der Waals surface area (Å²) < 4.78 is 10.6. The van der Waals surface area contributed by atoms with Crippen molar-refractivity contribution >= 4 is 22.6 Å². The van der Waals surface area contributed by atoms with Crippen LogP contribution >= 0.6 is 0 Å². The monoisotopic (exact) mass is 323 g/mol. The van der Waals surface area contributed by atoms with E-state index in [0.29, 0.717) is 29.1 Å². The van der Waals surface area contributed by atoms with E-state index in [0.717, 1.165) is 0 Å². The van der Waals surface area contributed by atoms with Gasteiger partial charge in [0.05, 0.1) is 24.8 Å². The minimum Gasteiger partial charge on any atom is -0.497 e. The van der Waals surface area contributed by atoms with Crippen LogP contribution < -0.4 is 14.8 Å². The zero-order chi connectivity index (χ0) is 16.9. The Kier molecular flexibility index (Phi) is 4.56. The fourth-order valence-corrected chi connectivity index (χ4v) is 2.23. The maximum Gasteiger partial charge on any atom is 0.279 e. The molecular weight excluding hydrogens is 306 g/mol. The Morgan fingerprint density at radius 1 is 1.04 bits per heavy atom. The summed E-state index contributed by atoms with van der Waals surface area (Å²) in [5.74, 6) is 0.567. The summed E-state index contributed by atoms with van der Waals surface area (Å²) in [5.41, 5.74) is 2.12. The predicted molar refractivity (Wildman–Crippen MR) is 91.7 cm³/mol. The van der Waals surface area contributed by atoms with Crippen molar-refractivity contribution in [1.82, 2.24) is 9.97 Å². The first kappa shape index (κ1) is 15.7. The van der Waals surface area contributed by atoms with Crippen LogP contribution in [-0.2, 0) is 0 Å².